The van der Waals surface area contributed by atoms with Gasteiger partial charge in [0, 0.05) is 4.48 Å². The molecule has 0 N–H and O–H groups in total. The minimum atomic E-state index is -0.741. The lowest BCUT2D eigenvalue weighted by atomic mass is 9.78. The lowest BCUT2D eigenvalue weighted by Gasteiger charge is -2.38. The molecule has 3 nitrogen and oxygen atoms in total. The van der Waals surface area contributed by atoms with Crippen LogP contribution < -0.4 is 0 Å². The molecule has 4 aromatic rings. The van der Waals surface area contributed by atoms with Crippen molar-refractivity contribution in [2.24, 2.45) is 0 Å². The number of allylic oxidation sites excluding steroid dienone is 2. The number of hydrogen-bond acceptors (Lipinski definition) is 3. The summed E-state index contributed by atoms with van der Waals surface area (Å²) < 4.78 is 13.9. The monoisotopic (exact) mass is 457 g/mol. The van der Waals surface area contributed by atoms with Crippen molar-refractivity contribution in [3.05, 3.63) is 125 Å². The first kappa shape index (κ1) is 19.0. The molecule has 0 bridgehead atoms. The molecule has 1 aromatic heterocycles. The fourth-order valence-corrected chi connectivity index (χ4v) is 4.29. The average Bonchev–Trinajstić information content (AvgIpc) is 3.24. The molecule has 2 atom stereocenters. The summed E-state index contributed by atoms with van der Waals surface area (Å²) in [7, 11) is 0. The van der Waals surface area contributed by atoms with E-state index in [4.69, 9.17) is 14.1 Å². The summed E-state index contributed by atoms with van der Waals surface area (Å²) in [5, 5.41) is 0. The lowest BCUT2D eigenvalue weighted by Crippen LogP contribution is -2.35. The Bertz CT molecular complexity index is 1180. The maximum Gasteiger partial charge on any atom is 0.206 e. The molecule has 0 amide bonds. The highest BCUT2D eigenvalue weighted by Crippen LogP contribution is 2.47. The number of halogens is 1. The molecule has 0 saturated carbocycles. The first-order valence-corrected chi connectivity index (χ1v) is 10.7. The van der Waals surface area contributed by atoms with E-state index in [9.17, 15) is 0 Å². The zero-order chi connectivity index (χ0) is 20.4. The van der Waals surface area contributed by atoms with E-state index in [-0.39, 0.29) is 5.92 Å². The molecule has 0 aliphatic heterocycles. The average molecular weight is 458 g/mol. The topological polar surface area (TPSA) is 35.3 Å². The molecule has 0 spiro atoms. The summed E-state index contributed by atoms with van der Waals surface area (Å²) >= 11 is 3.64. The second-order valence-electron chi connectivity index (χ2n) is 7.32. The van der Waals surface area contributed by atoms with Crippen LogP contribution in [0.2, 0.25) is 0 Å². The fraction of sp³-hybridized carbons (Fsp3) is 0.115. The third-order valence-electron chi connectivity index (χ3n) is 5.40. The number of hydrogen-bond donors (Lipinski definition) is 0. The molecule has 0 radical (unpaired) electrons. The Hall–Kier alpha value is -2.95. The van der Waals surface area contributed by atoms with Crippen LogP contribution in [0.3, 0.4) is 0 Å². The van der Waals surface area contributed by atoms with Gasteiger partial charge in [-0.3, -0.25) is 0 Å². The molecule has 0 fully saturated rings. The number of oxazole rings is 1. The maximum absolute atomic E-state index is 6.70. The SMILES string of the molecule is BrC1=CC(c2nc3ccccc3o2)C(OCc2ccccc2)(c2ccccc2)C=C1. The molecular formula is C26H20BrNO2. The van der Waals surface area contributed by atoms with Crippen molar-refractivity contribution < 1.29 is 9.15 Å². The van der Waals surface area contributed by atoms with Crippen molar-refractivity contribution in [1.29, 1.82) is 0 Å². The Morgan fingerprint density at radius 3 is 2.37 bits per heavy atom. The Labute approximate surface area is 183 Å². The highest BCUT2D eigenvalue weighted by atomic mass is 79.9. The maximum atomic E-state index is 6.70. The minimum Gasteiger partial charge on any atom is -0.440 e. The number of para-hydroxylation sites is 2. The van der Waals surface area contributed by atoms with Crippen LogP contribution in [-0.2, 0) is 16.9 Å². The second-order valence-corrected chi connectivity index (χ2v) is 8.23. The Morgan fingerprint density at radius 2 is 1.60 bits per heavy atom. The van der Waals surface area contributed by atoms with Gasteiger partial charge in [0.15, 0.2) is 5.58 Å². The van der Waals surface area contributed by atoms with E-state index in [2.05, 4.69) is 52.3 Å². The van der Waals surface area contributed by atoms with E-state index < -0.39 is 5.60 Å². The standard InChI is InChI=1S/C26H20BrNO2/c27-21-15-16-26(20-11-5-2-6-12-20,29-18-19-9-3-1-4-10-19)22(17-21)25-28-23-13-7-8-14-24(23)30-25/h1-17,22H,18H2. The predicted molar refractivity (Wildman–Crippen MR) is 122 cm³/mol. The van der Waals surface area contributed by atoms with Crippen molar-refractivity contribution >= 4 is 27.0 Å². The largest absolute Gasteiger partial charge is 0.440 e. The fourth-order valence-electron chi connectivity index (χ4n) is 3.90. The normalized spacial score (nSPS) is 21.0. The number of nitrogens with zero attached hydrogens (tertiary/aromatic N) is 1. The van der Waals surface area contributed by atoms with Gasteiger partial charge >= 0.3 is 0 Å². The van der Waals surface area contributed by atoms with Crippen LogP contribution in [0.15, 0.2) is 112 Å². The predicted octanol–water partition coefficient (Wildman–Crippen LogP) is 6.87. The van der Waals surface area contributed by atoms with Gasteiger partial charge in [-0.15, -0.1) is 0 Å². The molecule has 30 heavy (non-hydrogen) atoms. The zero-order valence-corrected chi connectivity index (χ0v) is 17.8. The van der Waals surface area contributed by atoms with Crippen LogP contribution in [0, 0.1) is 0 Å². The van der Waals surface area contributed by atoms with Crippen molar-refractivity contribution in [3.8, 4) is 0 Å². The van der Waals surface area contributed by atoms with Crippen molar-refractivity contribution in [2.75, 3.05) is 0 Å². The van der Waals surface area contributed by atoms with Gasteiger partial charge in [-0.2, -0.15) is 0 Å². The first-order valence-electron chi connectivity index (χ1n) is 9.90. The summed E-state index contributed by atoms with van der Waals surface area (Å²) in [6.07, 6.45) is 6.26. The van der Waals surface area contributed by atoms with E-state index in [1.807, 2.05) is 66.7 Å². The zero-order valence-electron chi connectivity index (χ0n) is 16.2. The van der Waals surface area contributed by atoms with E-state index in [0.29, 0.717) is 12.5 Å². The Balaban J connectivity index is 1.63. The molecule has 148 valence electrons. The van der Waals surface area contributed by atoms with Gasteiger partial charge in [-0.1, -0.05) is 94.8 Å². The first-order chi connectivity index (χ1) is 14.7. The van der Waals surface area contributed by atoms with E-state index in [1.165, 1.54) is 0 Å². The molecular weight excluding hydrogens is 438 g/mol. The number of aromatic nitrogens is 1. The highest BCUT2D eigenvalue weighted by molar-refractivity contribution is 9.11. The van der Waals surface area contributed by atoms with Crippen molar-refractivity contribution in [1.82, 2.24) is 4.98 Å². The van der Waals surface area contributed by atoms with E-state index in [0.717, 1.165) is 26.7 Å². The Morgan fingerprint density at radius 1 is 0.900 bits per heavy atom. The summed E-state index contributed by atoms with van der Waals surface area (Å²) in [4.78, 5) is 4.80. The van der Waals surface area contributed by atoms with Crippen LogP contribution in [0.1, 0.15) is 22.9 Å². The third-order valence-corrected chi connectivity index (χ3v) is 5.93. The molecule has 1 aliphatic rings. The quantitative estimate of drug-likeness (QED) is 0.327. The molecule has 4 heteroatoms. The van der Waals surface area contributed by atoms with Crippen molar-refractivity contribution in [3.63, 3.8) is 0 Å². The third kappa shape index (κ3) is 3.53. The number of ether oxygens (including phenoxy) is 1. The molecule has 1 aliphatic carbocycles. The van der Waals surface area contributed by atoms with Gasteiger partial charge in [0.1, 0.15) is 11.1 Å². The summed E-state index contributed by atoms with van der Waals surface area (Å²) in [5.74, 6) is 0.407. The van der Waals surface area contributed by atoms with Gasteiger partial charge in [0.2, 0.25) is 5.89 Å². The van der Waals surface area contributed by atoms with Gasteiger partial charge in [0.05, 0.1) is 12.5 Å². The van der Waals surface area contributed by atoms with Crippen molar-refractivity contribution in [2.45, 2.75) is 18.1 Å². The van der Waals surface area contributed by atoms with Crippen LogP contribution in [-0.4, -0.2) is 4.98 Å². The van der Waals surface area contributed by atoms with Crippen LogP contribution >= 0.6 is 15.9 Å². The number of fused-ring (bicyclic) bond motifs is 1. The van der Waals surface area contributed by atoms with Crippen LogP contribution in [0.5, 0.6) is 0 Å². The molecule has 3 aromatic carbocycles. The van der Waals surface area contributed by atoms with Crippen LogP contribution in [0.25, 0.3) is 11.1 Å². The molecule has 2 unspecified atom stereocenters. The van der Waals surface area contributed by atoms with E-state index in [1.54, 1.807) is 0 Å². The summed E-state index contributed by atoms with van der Waals surface area (Å²) in [6, 6.07) is 28.3. The van der Waals surface area contributed by atoms with Gasteiger partial charge in [-0.25, -0.2) is 4.98 Å². The molecule has 1 heterocycles. The van der Waals surface area contributed by atoms with E-state index >= 15 is 0 Å². The minimum absolute atomic E-state index is 0.226. The highest BCUT2D eigenvalue weighted by Gasteiger charge is 2.44. The second kappa shape index (κ2) is 8.05. The molecule has 5 rings (SSSR count). The number of rotatable bonds is 5. The van der Waals surface area contributed by atoms with Crippen LogP contribution in [0.4, 0.5) is 0 Å². The number of benzene rings is 3. The van der Waals surface area contributed by atoms with Gasteiger partial charge < -0.3 is 9.15 Å². The lowest BCUT2D eigenvalue weighted by molar-refractivity contribution is -0.0404. The smallest absolute Gasteiger partial charge is 0.206 e. The van der Waals surface area contributed by atoms with Gasteiger partial charge in [0.25, 0.3) is 0 Å². The molecule has 0 saturated heterocycles. The Kier molecular flexibility index (Phi) is 5.11. The summed E-state index contributed by atoms with van der Waals surface area (Å²) in [6.45, 7) is 0.474. The van der Waals surface area contributed by atoms with Gasteiger partial charge in [-0.05, 0) is 35.4 Å². The summed E-state index contributed by atoms with van der Waals surface area (Å²) in [5.41, 5.74) is 3.05.